The summed E-state index contributed by atoms with van der Waals surface area (Å²) >= 11 is 0. The molecule has 0 amide bonds. The lowest BCUT2D eigenvalue weighted by Gasteiger charge is -2.07. The molecule has 160 valence electrons. The SMILES string of the molecule is O=C(OCc1nc(-c2ccc([N+](=O)[O-])cc2)no1)c1ccc(COc2ccccc2)cc1. The number of carbonyl (C=O) groups excluding carboxylic acids is 1. The molecule has 3 aromatic carbocycles. The van der Waals surface area contributed by atoms with E-state index >= 15 is 0 Å². The molecule has 0 spiro atoms. The molecule has 1 heterocycles. The zero-order valence-corrected chi connectivity index (χ0v) is 16.7. The van der Waals surface area contributed by atoms with E-state index < -0.39 is 10.9 Å². The van der Waals surface area contributed by atoms with E-state index in [1.807, 2.05) is 30.3 Å². The van der Waals surface area contributed by atoms with Gasteiger partial charge in [0.1, 0.15) is 12.4 Å². The van der Waals surface area contributed by atoms with Crippen LogP contribution in [-0.4, -0.2) is 21.0 Å². The van der Waals surface area contributed by atoms with Gasteiger partial charge in [-0.05, 0) is 42.0 Å². The number of esters is 1. The first-order chi connectivity index (χ1) is 15.6. The van der Waals surface area contributed by atoms with E-state index in [1.165, 1.54) is 24.3 Å². The number of non-ortho nitro benzene ring substituents is 1. The Bertz CT molecular complexity index is 1200. The molecule has 4 rings (SSSR count). The van der Waals surface area contributed by atoms with Crippen LogP contribution in [0.3, 0.4) is 0 Å². The molecular formula is C23H17N3O6. The van der Waals surface area contributed by atoms with Crippen molar-refractivity contribution in [3.05, 3.63) is 106 Å². The van der Waals surface area contributed by atoms with Gasteiger partial charge in [0, 0.05) is 17.7 Å². The summed E-state index contributed by atoms with van der Waals surface area (Å²) in [4.78, 5) is 26.7. The van der Waals surface area contributed by atoms with E-state index in [0.717, 1.165) is 11.3 Å². The lowest BCUT2D eigenvalue weighted by atomic mass is 10.1. The van der Waals surface area contributed by atoms with Crippen LogP contribution in [0.1, 0.15) is 21.8 Å². The van der Waals surface area contributed by atoms with Crippen LogP contribution in [0.25, 0.3) is 11.4 Å². The van der Waals surface area contributed by atoms with E-state index in [9.17, 15) is 14.9 Å². The molecule has 1 aromatic heterocycles. The molecular weight excluding hydrogens is 414 g/mol. The molecule has 0 atom stereocenters. The van der Waals surface area contributed by atoms with Crippen molar-refractivity contribution >= 4 is 11.7 Å². The van der Waals surface area contributed by atoms with Crippen molar-refractivity contribution in [2.45, 2.75) is 13.2 Å². The van der Waals surface area contributed by atoms with Crippen molar-refractivity contribution in [1.82, 2.24) is 10.1 Å². The highest BCUT2D eigenvalue weighted by atomic mass is 16.6. The first-order valence-corrected chi connectivity index (χ1v) is 9.60. The van der Waals surface area contributed by atoms with Crippen LogP contribution >= 0.6 is 0 Å². The highest BCUT2D eigenvalue weighted by molar-refractivity contribution is 5.89. The van der Waals surface area contributed by atoms with Gasteiger partial charge in [-0.15, -0.1) is 0 Å². The molecule has 0 bridgehead atoms. The number of carbonyl (C=O) groups is 1. The average molecular weight is 431 g/mol. The molecule has 0 unspecified atom stereocenters. The van der Waals surface area contributed by atoms with Crippen LogP contribution in [-0.2, 0) is 18.0 Å². The van der Waals surface area contributed by atoms with Crippen LogP contribution < -0.4 is 4.74 Å². The molecule has 0 saturated carbocycles. The third kappa shape index (κ3) is 5.14. The Morgan fingerprint density at radius 1 is 0.938 bits per heavy atom. The van der Waals surface area contributed by atoms with Gasteiger partial charge in [0.05, 0.1) is 10.5 Å². The summed E-state index contributed by atoms with van der Waals surface area (Å²) in [6, 6.07) is 22.1. The number of nitrogens with zero attached hydrogens (tertiary/aromatic N) is 3. The maximum Gasteiger partial charge on any atom is 0.338 e. The van der Waals surface area contributed by atoms with Crippen molar-refractivity contribution in [3.63, 3.8) is 0 Å². The fourth-order valence-corrected chi connectivity index (χ4v) is 2.79. The number of para-hydroxylation sites is 1. The summed E-state index contributed by atoms with van der Waals surface area (Å²) in [5.74, 6) is 0.590. The first-order valence-electron chi connectivity index (χ1n) is 9.60. The predicted octanol–water partition coefficient (Wildman–Crippen LogP) is 4.58. The maximum atomic E-state index is 12.3. The summed E-state index contributed by atoms with van der Waals surface area (Å²) in [5.41, 5.74) is 1.80. The fraction of sp³-hybridized carbons (Fsp3) is 0.0870. The van der Waals surface area contributed by atoms with Crippen molar-refractivity contribution in [2.24, 2.45) is 0 Å². The van der Waals surface area contributed by atoms with Gasteiger partial charge < -0.3 is 14.0 Å². The molecule has 0 fully saturated rings. The van der Waals surface area contributed by atoms with E-state index in [4.69, 9.17) is 14.0 Å². The number of hydrogen-bond acceptors (Lipinski definition) is 8. The fourth-order valence-electron chi connectivity index (χ4n) is 2.79. The summed E-state index contributed by atoms with van der Waals surface area (Å²) in [5, 5.41) is 14.5. The molecule has 9 nitrogen and oxygen atoms in total. The number of hydrogen-bond donors (Lipinski definition) is 0. The van der Waals surface area contributed by atoms with Crippen molar-refractivity contribution in [3.8, 4) is 17.1 Å². The minimum absolute atomic E-state index is 0.0379. The molecule has 4 aromatic rings. The van der Waals surface area contributed by atoms with Gasteiger partial charge in [-0.1, -0.05) is 35.5 Å². The topological polar surface area (TPSA) is 118 Å². The molecule has 32 heavy (non-hydrogen) atoms. The molecule has 0 aliphatic carbocycles. The summed E-state index contributed by atoms with van der Waals surface area (Å²) < 4.78 is 16.0. The standard InChI is InChI=1S/C23H17N3O6/c27-23(18-8-6-16(7-9-18)14-30-20-4-2-1-3-5-20)31-15-21-24-22(25-32-21)17-10-12-19(13-11-17)26(28)29/h1-13H,14-15H2. The summed E-state index contributed by atoms with van der Waals surface area (Å²) in [7, 11) is 0. The van der Waals surface area contributed by atoms with E-state index in [0.29, 0.717) is 17.7 Å². The second-order valence-corrected chi connectivity index (χ2v) is 6.69. The number of ether oxygens (including phenoxy) is 2. The lowest BCUT2D eigenvalue weighted by Crippen LogP contribution is -2.06. The van der Waals surface area contributed by atoms with Gasteiger partial charge >= 0.3 is 5.97 Å². The highest BCUT2D eigenvalue weighted by Gasteiger charge is 2.14. The maximum absolute atomic E-state index is 12.3. The lowest BCUT2D eigenvalue weighted by molar-refractivity contribution is -0.384. The normalized spacial score (nSPS) is 10.5. The molecule has 0 aliphatic rings. The van der Waals surface area contributed by atoms with Gasteiger partial charge in [-0.25, -0.2) is 4.79 Å². The number of nitro groups is 1. The van der Waals surface area contributed by atoms with Gasteiger partial charge in [0.2, 0.25) is 5.82 Å². The van der Waals surface area contributed by atoms with Crippen LogP contribution in [0.2, 0.25) is 0 Å². The van der Waals surface area contributed by atoms with Crippen molar-refractivity contribution in [2.75, 3.05) is 0 Å². The smallest absolute Gasteiger partial charge is 0.338 e. The Morgan fingerprint density at radius 3 is 2.34 bits per heavy atom. The second kappa shape index (κ2) is 9.52. The number of aromatic nitrogens is 2. The van der Waals surface area contributed by atoms with Gasteiger partial charge in [0.25, 0.3) is 11.6 Å². The van der Waals surface area contributed by atoms with Crippen LogP contribution in [0.15, 0.2) is 83.4 Å². The van der Waals surface area contributed by atoms with Crippen molar-refractivity contribution in [1.29, 1.82) is 0 Å². The minimum Gasteiger partial charge on any atom is -0.489 e. The van der Waals surface area contributed by atoms with Gasteiger partial charge in [0.15, 0.2) is 6.61 Å². The zero-order chi connectivity index (χ0) is 22.3. The van der Waals surface area contributed by atoms with E-state index in [-0.39, 0.29) is 24.0 Å². The molecule has 0 radical (unpaired) electrons. The van der Waals surface area contributed by atoms with Crippen molar-refractivity contribution < 1.29 is 23.7 Å². The second-order valence-electron chi connectivity index (χ2n) is 6.69. The van der Waals surface area contributed by atoms with Gasteiger partial charge in [-0.2, -0.15) is 4.98 Å². The summed E-state index contributed by atoms with van der Waals surface area (Å²) in [6.07, 6.45) is 0. The Hall–Kier alpha value is -4.53. The quantitative estimate of drug-likeness (QED) is 0.226. The third-order valence-corrected chi connectivity index (χ3v) is 4.47. The Labute approximate surface area is 182 Å². The monoisotopic (exact) mass is 431 g/mol. The first kappa shape index (κ1) is 20.7. The average Bonchev–Trinajstić information content (AvgIpc) is 3.31. The zero-order valence-electron chi connectivity index (χ0n) is 16.7. The van der Waals surface area contributed by atoms with Crippen LogP contribution in [0.5, 0.6) is 5.75 Å². The molecule has 0 saturated heterocycles. The molecule has 0 aliphatic heterocycles. The van der Waals surface area contributed by atoms with Gasteiger partial charge in [-0.3, -0.25) is 10.1 Å². The number of benzene rings is 3. The number of nitro benzene ring substituents is 1. The molecule has 0 N–H and O–H groups in total. The van der Waals surface area contributed by atoms with Crippen LogP contribution in [0, 0.1) is 10.1 Å². The largest absolute Gasteiger partial charge is 0.489 e. The third-order valence-electron chi connectivity index (χ3n) is 4.47. The van der Waals surface area contributed by atoms with Crippen LogP contribution in [0.4, 0.5) is 5.69 Å². The Morgan fingerprint density at radius 2 is 1.66 bits per heavy atom. The molecule has 9 heteroatoms. The highest BCUT2D eigenvalue weighted by Crippen LogP contribution is 2.20. The minimum atomic E-state index is -0.532. The predicted molar refractivity (Wildman–Crippen MR) is 113 cm³/mol. The Kier molecular flexibility index (Phi) is 6.17. The van der Waals surface area contributed by atoms with E-state index in [1.54, 1.807) is 24.3 Å². The Balaban J connectivity index is 1.30. The summed E-state index contributed by atoms with van der Waals surface area (Å²) in [6.45, 7) is 0.185. The number of rotatable bonds is 8. The van der Waals surface area contributed by atoms with E-state index in [2.05, 4.69) is 10.1 Å².